The lowest BCUT2D eigenvalue weighted by Gasteiger charge is -2.24. The molecule has 17 heteroatoms. The van der Waals surface area contributed by atoms with E-state index in [9.17, 15) is 0 Å². The van der Waals surface area contributed by atoms with Crippen LogP contribution in [0.5, 0.6) is 0 Å². The van der Waals surface area contributed by atoms with Gasteiger partial charge in [-0.3, -0.25) is 0 Å². The van der Waals surface area contributed by atoms with Gasteiger partial charge in [0, 0.05) is 115 Å². The highest BCUT2D eigenvalue weighted by Crippen LogP contribution is 2.18. The molecular weight excluding hydrogens is 719 g/mol. The van der Waals surface area contributed by atoms with Crippen LogP contribution in [0.3, 0.4) is 0 Å². The summed E-state index contributed by atoms with van der Waals surface area (Å²) in [6.07, 6.45) is 9.56. The van der Waals surface area contributed by atoms with E-state index in [4.69, 9.17) is 51.3 Å². The van der Waals surface area contributed by atoms with Gasteiger partial charge in [0.15, 0.2) is 0 Å². The van der Waals surface area contributed by atoms with Crippen LogP contribution in [0.2, 0.25) is 18.1 Å². The molecule has 14 nitrogen and oxygen atoms in total. The summed E-state index contributed by atoms with van der Waals surface area (Å²) >= 11 is 0. The molecule has 0 aliphatic rings. The smallest absolute Gasteiger partial charge is 0.377 e. The van der Waals surface area contributed by atoms with Crippen molar-refractivity contribution in [3.05, 3.63) is 35.4 Å². The maximum atomic E-state index is 5.46. The van der Waals surface area contributed by atoms with Crippen LogP contribution in [0.25, 0.3) is 0 Å². The largest absolute Gasteiger partial charge is 0.500 e. The van der Waals surface area contributed by atoms with Crippen LogP contribution >= 0.6 is 0 Å². The lowest BCUT2D eigenvalue weighted by molar-refractivity contribution is 0.122. The number of benzene rings is 1. The van der Waals surface area contributed by atoms with E-state index in [0.717, 1.165) is 76.7 Å². The molecule has 0 atom stereocenters. The number of nitrogens with two attached hydrogens (primary N) is 2. The van der Waals surface area contributed by atoms with Gasteiger partial charge < -0.3 is 67.3 Å². The van der Waals surface area contributed by atoms with Crippen LogP contribution in [-0.2, 0) is 52.8 Å². The van der Waals surface area contributed by atoms with Crippen molar-refractivity contribution < 1.29 is 39.8 Å². The first-order valence-corrected chi connectivity index (χ1v) is 24.5. The molecule has 0 saturated carbocycles. The van der Waals surface area contributed by atoms with Crippen LogP contribution in [0, 0.1) is 0 Å². The Bertz CT molecular complexity index is 883. The van der Waals surface area contributed by atoms with Crippen LogP contribution in [0.15, 0.2) is 24.3 Å². The second-order valence-electron chi connectivity index (χ2n) is 12.1. The summed E-state index contributed by atoms with van der Waals surface area (Å²) in [5.41, 5.74) is 13.3. The maximum Gasteiger partial charge on any atom is 0.500 e. The number of nitrogens with one attached hydrogen (secondary N) is 3. The molecule has 0 radical (unpaired) electrons. The Balaban J connectivity index is 0. The summed E-state index contributed by atoms with van der Waals surface area (Å²) in [4.78, 5) is 0. The summed E-state index contributed by atoms with van der Waals surface area (Å²) in [7, 11) is 7.66. The van der Waals surface area contributed by atoms with E-state index in [1.807, 2.05) is 0 Å². The molecule has 0 aliphatic heterocycles. The average Bonchev–Trinajstić information content (AvgIpc) is 3.19. The van der Waals surface area contributed by atoms with Gasteiger partial charge in [0.2, 0.25) is 0 Å². The molecule has 0 amide bonds. The van der Waals surface area contributed by atoms with Gasteiger partial charge in [-0.2, -0.15) is 0 Å². The van der Waals surface area contributed by atoms with Crippen molar-refractivity contribution in [1.29, 1.82) is 0 Å². The Labute approximate surface area is 321 Å². The lowest BCUT2D eigenvalue weighted by atomic mass is 10.1. The van der Waals surface area contributed by atoms with E-state index >= 15 is 0 Å². The third-order valence-electron chi connectivity index (χ3n) is 8.61. The SMILES string of the molecule is CCCCCCCNCCC[Si](OC)(OC)OC.CO[Si](CCCNCCN)(OC)OC.CO[Si](CCc1cccc(CNCCN)c1)(OC)OC. The van der Waals surface area contributed by atoms with Crippen LogP contribution in [0.1, 0.15) is 63.0 Å². The van der Waals surface area contributed by atoms with Crippen molar-refractivity contribution in [1.82, 2.24) is 16.0 Å². The van der Waals surface area contributed by atoms with E-state index in [1.165, 1.54) is 43.2 Å². The Morgan fingerprint density at radius 1 is 0.481 bits per heavy atom. The van der Waals surface area contributed by atoms with Gasteiger partial charge in [-0.1, -0.05) is 56.9 Å². The van der Waals surface area contributed by atoms with E-state index in [2.05, 4.69) is 47.1 Å². The first-order chi connectivity index (χ1) is 25.2. The molecule has 0 bridgehead atoms. The zero-order valence-electron chi connectivity index (χ0n) is 34.6. The predicted octanol–water partition coefficient (Wildman–Crippen LogP) is 3.77. The highest BCUT2D eigenvalue weighted by molar-refractivity contribution is 6.61. The second-order valence-corrected chi connectivity index (χ2v) is 21.4. The molecule has 7 N–H and O–H groups in total. The second kappa shape index (κ2) is 36.0. The van der Waals surface area contributed by atoms with Gasteiger partial charge in [0.05, 0.1) is 0 Å². The van der Waals surface area contributed by atoms with Gasteiger partial charge in [-0.15, -0.1) is 0 Å². The van der Waals surface area contributed by atoms with Crippen molar-refractivity contribution in [2.24, 2.45) is 11.5 Å². The van der Waals surface area contributed by atoms with Crippen molar-refractivity contribution in [2.45, 2.75) is 83.0 Å². The van der Waals surface area contributed by atoms with Crippen molar-refractivity contribution in [3.63, 3.8) is 0 Å². The Morgan fingerprint density at radius 2 is 0.885 bits per heavy atom. The summed E-state index contributed by atoms with van der Waals surface area (Å²) in [6, 6.07) is 11.0. The molecule has 0 aliphatic carbocycles. The average molecular weight is 798 g/mol. The van der Waals surface area contributed by atoms with Crippen LogP contribution in [0.4, 0.5) is 0 Å². The highest BCUT2D eigenvalue weighted by Gasteiger charge is 2.38. The molecule has 1 aromatic rings. The summed E-state index contributed by atoms with van der Waals surface area (Å²) < 4.78 is 48.3. The van der Waals surface area contributed by atoms with Crippen molar-refractivity contribution in [3.8, 4) is 0 Å². The first-order valence-electron chi connectivity index (χ1n) is 18.7. The number of hydrogen-bond donors (Lipinski definition) is 5. The quantitative estimate of drug-likeness (QED) is 0.0527. The minimum Gasteiger partial charge on any atom is -0.377 e. The molecule has 0 heterocycles. The molecule has 52 heavy (non-hydrogen) atoms. The fourth-order valence-corrected chi connectivity index (χ4v) is 10.4. The van der Waals surface area contributed by atoms with Crippen LogP contribution < -0.4 is 27.4 Å². The standard InChI is InChI=1S/C14H26N2O3Si.C13H31NO3Si.C8H22N2O3Si/c1-17-20(18-2,19-3)10-7-13-5-4-6-14(11-13)12-16-9-8-15;1-5-6-7-8-9-11-14-12-10-13-18(15-2,16-3)17-4;1-11-14(12-2,13-3)8-4-6-10-7-5-9/h4-6,11,16H,7-10,12,15H2,1-3H3;14H,5-13H2,1-4H3;10H,4-9H2,1-3H3. The summed E-state index contributed by atoms with van der Waals surface area (Å²) in [5.74, 6) is 0. The molecule has 0 unspecified atom stereocenters. The van der Waals surface area contributed by atoms with Gasteiger partial charge in [0.1, 0.15) is 0 Å². The molecule has 0 spiro atoms. The van der Waals surface area contributed by atoms with Crippen molar-refractivity contribution in [2.75, 3.05) is 110 Å². The number of unbranched alkanes of at least 4 members (excludes halogenated alkanes) is 4. The lowest BCUT2D eigenvalue weighted by Crippen LogP contribution is -2.43. The maximum absolute atomic E-state index is 5.46. The van der Waals surface area contributed by atoms with Gasteiger partial charge in [-0.25, -0.2) is 0 Å². The molecular formula is C35H79N5O9Si3. The zero-order chi connectivity index (χ0) is 39.4. The minimum atomic E-state index is -2.48. The summed E-state index contributed by atoms with van der Waals surface area (Å²) in [6.45, 7) is 9.14. The van der Waals surface area contributed by atoms with Gasteiger partial charge >= 0.3 is 26.4 Å². The fraction of sp³-hybridized carbons (Fsp3) is 0.829. The van der Waals surface area contributed by atoms with Gasteiger partial charge in [0.25, 0.3) is 0 Å². The zero-order valence-corrected chi connectivity index (χ0v) is 37.6. The fourth-order valence-electron chi connectivity index (χ4n) is 5.26. The van der Waals surface area contributed by atoms with Crippen molar-refractivity contribution >= 4 is 26.4 Å². The number of aryl methyl sites for hydroxylation is 1. The van der Waals surface area contributed by atoms with E-state index in [1.54, 1.807) is 64.0 Å². The molecule has 0 fully saturated rings. The predicted molar refractivity (Wildman–Crippen MR) is 218 cm³/mol. The Kier molecular flexibility index (Phi) is 37.0. The van der Waals surface area contributed by atoms with E-state index in [-0.39, 0.29) is 0 Å². The van der Waals surface area contributed by atoms with Gasteiger partial charge in [-0.05, 0) is 56.4 Å². The summed E-state index contributed by atoms with van der Waals surface area (Å²) in [5, 5.41) is 9.97. The molecule has 1 aromatic carbocycles. The monoisotopic (exact) mass is 798 g/mol. The van der Waals surface area contributed by atoms with E-state index < -0.39 is 26.4 Å². The third kappa shape index (κ3) is 25.4. The highest BCUT2D eigenvalue weighted by atomic mass is 28.4. The van der Waals surface area contributed by atoms with Crippen LogP contribution in [-0.4, -0.2) is 136 Å². The minimum absolute atomic E-state index is 0.656. The topological polar surface area (TPSA) is 171 Å². The molecule has 0 saturated heterocycles. The normalized spacial score (nSPS) is 11.9. The number of rotatable bonds is 32. The molecule has 1 rings (SSSR count). The first kappa shape index (κ1) is 53.4. The number of hydrogen-bond acceptors (Lipinski definition) is 14. The molecule has 0 aromatic heterocycles. The Morgan fingerprint density at radius 3 is 1.35 bits per heavy atom. The third-order valence-corrected chi connectivity index (χ3v) is 17.0. The Hall–Kier alpha value is -0.689. The van der Waals surface area contributed by atoms with E-state index in [0.29, 0.717) is 13.1 Å². The molecule has 310 valence electrons.